The van der Waals surface area contributed by atoms with E-state index in [0.29, 0.717) is 24.1 Å². The number of pyridine rings is 1. The molecular formula is C21H27N3O3. The average molecular weight is 369 g/mol. The van der Waals surface area contributed by atoms with E-state index < -0.39 is 5.60 Å². The minimum absolute atomic E-state index is 0.0498. The molecular weight excluding hydrogens is 342 g/mol. The molecule has 6 heteroatoms. The second kappa shape index (κ2) is 7.30. The number of ether oxygens (including phenoxy) is 1. The number of carbonyl (C=O) groups is 2. The zero-order valence-electron chi connectivity index (χ0n) is 16.5. The summed E-state index contributed by atoms with van der Waals surface area (Å²) in [6.07, 6.45) is 5.45. The molecule has 1 aromatic heterocycles. The topological polar surface area (TPSA) is 83.3 Å². The number of amides is 1. The third kappa shape index (κ3) is 4.13. The number of aromatic nitrogens is 1. The van der Waals surface area contributed by atoms with E-state index in [0.717, 1.165) is 24.8 Å². The smallest absolute Gasteiger partial charge is 0.410 e. The highest BCUT2D eigenvalue weighted by atomic mass is 16.6. The Morgan fingerprint density at radius 3 is 2.41 bits per heavy atom. The van der Waals surface area contributed by atoms with Gasteiger partial charge in [-0.15, -0.1) is 0 Å². The van der Waals surface area contributed by atoms with Crippen LogP contribution in [0.4, 0.5) is 4.79 Å². The standard InChI is InChI=1S/C21H27N3O3/c1-13-8-15(12-23-18(13)11-22)19(25)14-9-16-6-5-7-17(10-14)24(16)20(26)27-21(2,3)4/h8,12,14,16-17H,5-7,9-10H2,1-4H3. The first-order valence-corrected chi connectivity index (χ1v) is 9.62. The Kier molecular flexibility index (Phi) is 5.23. The van der Waals surface area contributed by atoms with Crippen LogP contribution in [0, 0.1) is 24.2 Å². The lowest BCUT2D eigenvalue weighted by atomic mass is 9.76. The Morgan fingerprint density at radius 1 is 1.26 bits per heavy atom. The number of carbonyl (C=O) groups excluding carboxylic acids is 2. The van der Waals surface area contributed by atoms with Crippen molar-refractivity contribution in [2.75, 3.05) is 0 Å². The highest BCUT2D eigenvalue weighted by Gasteiger charge is 2.44. The number of ketones is 1. The summed E-state index contributed by atoms with van der Waals surface area (Å²) >= 11 is 0. The lowest BCUT2D eigenvalue weighted by molar-refractivity contribution is -0.0260. The minimum atomic E-state index is -0.524. The lowest BCUT2D eigenvalue weighted by Gasteiger charge is -2.48. The molecule has 0 N–H and O–H groups in total. The van der Waals surface area contributed by atoms with Crippen molar-refractivity contribution in [3.8, 4) is 6.07 Å². The number of nitriles is 1. The SMILES string of the molecule is Cc1cc(C(=O)C2CC3CCCC(C2)N3C(=O)OC(C)(C)C)cnc1C#N. The highest BCUT2D eigenvalue weighted by Crippen LogP contribution is 2.39. The van der Waals surface area contributed by atoms with Crippen molar-refractivity contribution >= 4 is 11.9 Å². The third-order valence-corrected chi connectivity index (χ3v) is 5.42. The first-order valence-electron chi connectivity index (χ1n) is 9.62. The summed E-state index contributed by atoms with van der Waals surface area (Å²) in [5.74, 6) is -0.0519. The summed E-state index contributed by atoms with van der Waals surface area (Å²) in [6, 6.07) is 3.88. The second-order valence-corrected chi connectivity index (χ2v) is 8.66. The van der Waals surface area contributed by atoms with Gasteiger partial charge in [0.15, 0.2) is 5.78 Å². The van der Waals surface area contributed by atoms with Gasteiger partial charge in [0.05, 0.1) is 0 Å². The van der Waals surface area contributed by atoms with E-state index >= 15 is 0 Å². The van der Waals surface area contributed by atoms with Crippen molar-refractivity contribution < 1.29 is 14.3 Å². The molecule has 2 aliphatic rings. The molecule has 0 aliphatic carbocycles. The Balaban J connectivity index is 1.76. The van der Waals surface area contributed by atoms with Crippen LogP contribution in [0.1, 0.15) is 74.5 Å². The van der Waals surface area contributed by atoms with Gasteiger partial charge in [0.1, 0.15) is 17.4 Å². The summed E-state index contributed by atoms with van der Waals surface area (Å²) in [7, 11) is 0. The molecule has 3 heterocycles. The summed E-state index contributed by atoms with van der Waals surface area (Å²) < 4.78 is 5.60. The molecule has 27 heavy (non-hydrogen) atoms. The van der Waals surface area contributed by atoms with Crippen LogP contribution in [0.15, 0.2) is 12.3 Å². The van der Waals surface area contributed by atoms with Crippen molar-refractivity contribution in [1.29, 1.82) is 5.26 Å². The number of rotatable bonds is 2. The van der Waals surface area contributed by atoms with Crippen LogP contribution < -0.4 is 0 Å². The number of aryl methyl sites for hydroxylation is 1. The molecule has 1 aromatic rings. The van der Waals surface area contributed by atoms with Gasteiger partial charge in [-0.3, -0.25) is 4.79 Å². The fourth-order valence-electron chi connectivity index (χ4n) is 4.27. The van der Waals surface area contributed by atoms with Crippen molar-refractivity contribution in [3.63, 3.8) is 0 Å². The number of hydrogen-bond acceptors (Lipinski definition) is 5. The van der Waals surface area contributed by atoms with Crippen LogP contribution in [0.2, 0.25) is 0 Å². The fourth-order valence-corrected chi connectivity index (χ4v) is 4.27. The van der Waals surface area contributed by atoms with E-state index in [-0.39, 0.29) is 29.9 Å². The average Bonchev–Trinajstić information content (AvgIpc) is 2.58. The molecule has 6 nitrogen and oxygen atoms in total. The van der Waals surface area contributed by atoms with Crippen molar-refractivity contribution in [2.45, 2.75) is 77.5 Å². The van der Waals surface area contributed by atoms with Gasteiger partial charge in [0, 0.05) is 29.8 Å². The largest absolute Gasteiger partial charge is 0.444 e. The third-order valence-electron chi connectivity index (χ3n) is 5.42. The molecule has 2 unspecified atom stereocenters. The van der Waals surface area contributed by atoms with Gasteiger partial charge < -0.3 is 9.64 Å². The molecule has 2 atom stereocenters. The molecule has 144 valence electrons. The van der Waals surface area contributed by atoms with Gasteiger partial charge >= 0.3 is 6.09 Å². The van der Waals surface area contributed by atoms with Crippen LogP contribution in [0.5, 0.6) is 0 Å². The van der Waals surface area contributed by atoms with Crippen LogP contribution in [0.25, 0.3) is 0 Å². The van der Waals surface area contributed by atoms with Crippen LogP contribution in [-0.4, -0.2) is 39.4 Å². The lowest BCUT2D eigenvalue weighted by Crippen LogP contribution is -2.56. The van der Waals surface area contributed by atoms with E-state index in [9.17, 15) is 9.59 Å². The molecule has 3 rings (SSSR count). The number of hydrogen-bond donors (Lipinski definition) is 0. The quantitative estimate of drug-likeness (QED) is 0.736. The summed E-state index contributed by atoms with van der Waals surface area (Å²) in [5, 5.41) is 9.02. The van der Waals surface area contributed by atoms with Gasteiger partial charge in [0.2, 0.25) is 0 Å². The first-order chi connectivity index (χ1) is 12.7. The number of piperidine rings is 2. The zero-order valence-corrected chi connectivity index (χ0v) is 16.5. The van der Waals surface area contributed by atoms with Crippen LogP contribution in [0.3, 0.4) is 0 Å². The summed E-state index contributed by atoms with van der Waals surface area (Å²) in [5.41, 5.74) is 1.10. The van der Waals surface area contributed by atoms with Crippen molar-refractivity contribution in [2.24, 2.45) is 5.92 Å². The van der Waals surface area contributed by atoms with Gasteiger partial charge in [-0.2, -0.15) is 5.26 Å². The van der Waals surface area contributed by atoms with Gasteiger partial charge in [-0.1, -0.05) is 0 Å². The number of fused-ring (bicyclic) bond motifs is 2. The molecule has 2 aliphatic heterocycles. The maximum absolute atomic E-state index is 13.0. The Hall–Kier alpha value is -2.42. The first kappa shape index (κ1) is 19.3. The molecule has 2 bridgehead atoms. The molecule has 0 saturated carbocycles. The molecule has 0 radical (unpaired) electrons. The van der Waals surface area contributed by atoms with Gasteiger partial charge in [-0.25, -0.2) is 9.78 Å². The summed E-state index contributed by atoms with van der Waals surface area (Å²) in [6.45, 7) is 7.41. The molecule has 0 spiro atoms. The minimum Gasteiger partial charge on any atom is -0.444 e. The molecule has 1 amide bonds. The maximum atomic E-state index is 13.0. The van der Waals surface area contributed by atoms with Crippen molar-refractivity contribution in [3.05, 3.63) is 29.1 Å². The predicted octanol–water partition coefficient (Wildman–Crippen LogP) is 4.01. The maximum Gasteiger partial charge on any atom is 0.410 e. The van der Waals surface area contributed by atoms with Gasteiger partial charge in [-0.05, 0) is 71.4 Å². The molecule has 2 saturated heterocycles. The van der Waals surface area contributed by atoms with Crippen LogP contribution >= 0.6 is 0 Å². The highest BCUT2D eigenvalue weighted by molar-refractivity contribution is 5.98. The van der Waals surface area contributed by atoms with Gasteiger partial charge in [0.25, 0.3) is 0 Å². The Bertz CT molecular complexity index is 777. The monoisotopic (exact) mass is 369 g/mol. The predicted molar refractivity (Wildman–Crippen MR) is 100 cm³/mol. The normalized spacial score (nSPS) is 24.9. The Labute approximate surface area is 160 Å². The van der Waals surface area contributed by atoms with E-state index in [4.69, 9.17) is 10.00 Å². The fraction of sp³-hybridized carbons (Fsp3) is 0.619. The zero-order chi connectivity index (χ0) is 19.8. The molecule has 0 aromatic carbocycles. The molecule has 2 fully saturated rings. The Morgan fingerprint density at radius 2 is 1.89 bits per heavy atom. The van der Waals surface area contributed by atoms with Crippen LogP contribution in [-0.2, 0) is 4.74 Å². The van der Waals surface area contributed by atoms with E-state index in [1.54, 1.807) is 13.0 Å². The summed E-state index contributed by atoms with van der Waals surface area (Å²) in [4.78, 5) is 31.7. The van der Waals surface area contributed by atoms with E-state index in [2.05, 4.69) is 4.98 Å². The number of nitrogens with zero attached hydrogens (tertiary/aromatic N) is 3. The van der Waals surface area contributed by atoms with Crippen molar-refractivity contribution in [1.82, 2.24) is 9.88 Å². The second-order valence-electron chi connectivity index (χ2n) is 8.66. The van der Waals surface area contributed by atoms with E-state index in [1.807, 2.05) is 31.7 Å². The van der Waals surface area contributed by atoms with E-state index in [1.165, 1.54) is 6.20 Å². The number of Topliss-reactive ketones (excluding diaryl/α,β-unsaturated/α-hetero) is 1.